The van der Waals surface area contributed by atoms with Gasteiger partial charge in [-0.15, -0.1) is 0 Å². The molecule has 82 valence electrons. The molecule has 2 rings (SSSR count). The summed E-state index contributed by atoms with van der Waals surface area (Å²) in [6.07, 6.45) is 4.95. The van der Waals surface area contributed by atoms with Crippen molar-refractivity contribution in [3.05, 3.63) is 23.0 Å². The summed E-state index contributed by atoms with van der Waals surface area (Å²) in [6.45, 7) is 3.14. The van der Waals surface area contributed by atoms with Crippen LogP contribution in [0.4, 0.5) is 0 Å². The molecule has 0 saturated carbocycles. The molecular weight excluding hydrogens is 206 g/mol. The highest BCUT2D eigenvalue weighted by Crippen LogP contribution is 2.25. The van der Waals surface area contributed by atoms with Gasteiger partial charge in [-0.2, -0.15) is 11.8 Å². The van der Waals surface area contributed by atoms with Gasteiger partial charge in [0.1, 0.15) is 0 Å². The molecule has 0 bridgehead atoms. The fraction of sp³-hybridized carbons (Fsp3) is 0.583. The second kappa shape index (κ2) is 4.44. The molecule has 1 aliphatic rings. The Kier molecular flexibility index (Phi) is 3.19. The molecule has 0 unspecified atom stereocenters. The Labute approximate surface area is 95.0 Å². The Bertz CT molecular complexity index is 381. The van der Waals surface area contributed by atoms with Crippen LogP contribution in [0.5, 0.6) is 0 Å². The summed E-state index contributed by atoms with van der Waals surface area (Å²) in [6, 6.07) is 2.07. The van der Waals surface area contributed by atoms with Crippen molar-refractivity contribution >= 4 is 17.5 Å². The van der Waals surface area contributed by atoms with Crippen molar-refractivity contribution in [3.63, 3.8) is 0 Å². The van der Waals surface area contributed by atoms with Crippen molar-refractivity contribution in [3.8, 4) is 0 Å². The van der Waals surface area contributed by atoms with Crippen LogP contribution in [0.3, 0.4) is 0 Å². The molecule has 0 N–H and O–H groups in total. The predicted molar refractivity (Wildman–Crippen MR) is 64.8 cm³/mol. The van der Waals surface area contributed by atoms with Crippen LogP contribution in [0.2, 0.25) is 0 Å². The Morgan fingerprint density at radius 2 is 2.27 bits per heavy atom. The van der Waals surface area contributed by atoms with E-state index in [1.54, 1.807) is 0 Å². The molecule has 1 aliphatic carbocycles. The fourth-order valence-corrected chi connectivity index (χ4v) is 2.65. The monoisotopic (exact) mass is 223 g/mol. The molecule has 0 atom stereocenters. The topological polar surface area (TPSA) is 22.0 Å². The molecule has 1 heterocycles. The van der Waals surface area contributed by atoms with E-state index in [1.807, 2.05) is 11.8 Å². The van der Waals surface area contributed by atoms with Gasteiger partial charge in [0.2, 0.25) is 0 Å². The maximum Gasteiger partial charge on any atom is 0.164 e. The summed E-state index contributed by atoms with van der Waals surface area (Å²) in [7, 11) is 0. The summed E-state index contributed by atoms with van der Waals surface area (Å²) in [4.78, 5) is 11.7. The summed E-state index contributed by atoms with van der Waals surface area (Å²) >= 11 is 1.85. The quantitative estimate of drug-likeness (QED) is 0.786. The minimum atomic E-state index is 0.335. The van der Waals surface area contributed by atoms with Gasteiger partial charge in [-0.05, 0) is 32.1 Å². The zero-order chi connectivity index (χ0) is 10.8. The van der Waals surface area contributed by atoms with Gasteiger partial charge in [0.25, 0.3) is 0 Å². The maximum absolute atomic E-state index is 11.7. The molecular formula is C12H17NOS. The van der Waals surface area contributed by atoms with Crippen LogP contribution < -0.4 is 0 Å². The van der Waals surface area contributed by atoms with Gasteiger partial charge < -0.3 is 4.57 Å². The number of fused-ring (bicyclic) bond motifs is 1. The lowest BCUT2D eigenvalue weighted by molar-refractivity contribution is 0.0972. The average Bonchev–Trinajstić information content (AvgIpc) is 2.54. The second-order valence-corrected chi connectivity index (χ2v) is 5.05. The number of Topliss-reactive ketones (excluding diaryl/α,β-unsaturated/α-hetero) is 1. The number of rotatable bonds is 3. The number of thioether (sulfide) groups is 1. The van der Waals surface area contributed by atoms with E-state index < -0.39 is 0 Å². The molecule has 0 radical (unpaired) electrons. The van der Waals surface area contributed by atoms with E-state index in [2.05, 4.69) is 23.8 Å². The van der Waals surface area contributed by atoms with Gasteiger partial charge in [0, 0.05) is 35.7 Å². The molecule has 2 nitrogen and oxygen atoms in total. The third-order valence-electron chi connectivity index (χ3n) is 3.05. The smallest absolute Gasteiger partial charge is 0.164 e. The lowest BCUT2D eigenvalue weighted by Crippen LogP contribution is -2.14. The molecule has 0 fully saturated rings. The van der Waals surface area contributed by atoms with Gasteiger partial charge in [0.15, 0.2) is 5.78 Å². The van der Waals surface area contributed by atoms with E-state index >= 15 is 0 Å². The SMILES string of the molecule is CSCCn1c(C)cc2c1CCCC2=O. The fourth-order valence-electron chi connectivity index (χ4n) is 2.28. The molecule has 0 aliphatic heterocycles. The van der Waals surface area contributed by atoms with Crippen LogP contribution in [0.25, 0.3) is 0 Å². The highest BCUT2D eigenvalue weighted by atomic mass is 32.2. The molecule has 3 heteroatoms. The van der Waals surface area contributed by atoms with Gasteiger partial charge >= 0.3 is 0 Å². The highest BCUT2D eigenvalue weighted by molar-refractivity contribution is 7.98. The molecule has 0 amide bonds. The first kappa shape index (κ1) is 10.8. The van der Waals surface area contributed by atoms with Gasteiger partial charge in [-0.1, -0.05) is 0 Å². The number of ketones is 1. The van der Waals surface area contributed by atoms with Crippen molar-refractivity contribution in [2.45, 2.75) is 32.7 Å². The standard InChI is InChI=1S/C12H17NOS/c1-9-8-10-11(4-3-5-12(10)14)13(9)6-7-15-2/h8H,3-7H2,1-2H3. The average molecular weight is 223 g/mol. The molecule has 1 aromatic heterocycles. The number of nitrogens with zero attached hydrogens (tertiary/aromatic N) is 1. The van der Waals surface area contributed by atoms with Gasteiger partial charge in [-0.25, -0.2) is 0 Å². The largest absolute Gasteiger partial charge is 0.347 e. The molecule has 0 saturated heterocycles. The van der Waals surface area contributed by atoms with Crippen molar-refractivity contribution in [1.29, 1.82) is 0 Å². The third-order valence-corrected chi connectivity index (χ3v) is 3.64. The number of carbonyl (C=O) groups excluding carboxylic acids is 1. The first-order chi connectivity index (χ1) is 7.24. The zero-order valence-corrected chi connectivity index (χ0v) is 10.2. The summed E-state index contributed by atoms with van der Waals surface area (Å²) in [5, 5.41) is 0. The van der Waals surface area contributed by atoms with Crippen LogP contribution >= 0.6 is 11.8 Å². The lowest BCUT2D eigenvalue weighted by Gasteiger charge is -2.15. The predicted octanol–water partition coefficient (Wildman–Crippen LogP) is 2.68. The van der Waals surface area contributed by atoms with E-state index in [1.165, 1.54) is 11.4 Å². The van der Waals surface area contributed by atoms with Crippen LogP contribution in [-0.2, 0) is 13.0 Å². The molecule has 0 aromatic carbocycles. The zero-order valence-electron chi connectivity index (χ0n) is 9.38. The van der Waals surface area contributed by atoms with Gasteiger partial charge in [-0.3, -0.25) is 4.79 Å². The van der Waals surface area contributed by atoms with Crippen LogP contribution in [0.15, 0.2) is 6.07 Å². The third kappa shape index (κ3) is 1.98. The minimum Gasteiger partial charge on any atom is -0.347 e. The van der Waals surface area contributed by atoms with Crippen molar-refractivity contribution in [2.75, 3.05) is 12.0 Å². The van der Waals surface area contributed by atoms with Gasteiger partial charge in [0.05, 0.1) is 0 Å². The van der Waals surface area contributed by atoms with Crippen LogP contribution in [0, 0.1) is 6.92 Å². The second-order valence-electron chi connectivity index (χ2n) is 4.07. The number of aromatic nitrogens is 1. The number of hydrogen-bond donors (Lipinski definition) is 0. The Morgan fingerprint density at radius 3 is 3.00 bits per heavy atom. The number of aryl methyl sites for hydroxylation is 1. The Balaban J connectivity index is 2.33. The minimum absolute atomic E-state index is 0.335. The van der Waals surface area contributed by atoms with E-state index in [4.69, 9.17) is 0 Å². The molecule has 1 aromatic rings. The van der Waals surface area contributed by atoms with E-state index in [0.29, 0.717) is 5.78 Å². The van der Waals surface area contributed by atoms with Crippen molar-refractivity contribution in [2.24, 2.45) is 0 Å². The summed E-state index contributed by atoms with van der Waals surface area (Å²) in [5.74, 6) is 1.46. The maximum atomic E-state index is 11.7. The van der Waals surface area contributed by atoms with Crippen molar-refractivity contribution < 1.29 is 4.79 Å². The molecule has 0 spiro atoms. The Morgan fingerprint density at radius 1 is 1.47 bits per heavy atom. The number of carbonyl (C=O) groups is 1. The van der Waals surface area contributed by atoms with E-state index in [0.717, 1.165) is 37.1 Å². The molecule has 15 heavy (non-hydrogen) atoms. The van der Waals surface area contributed by atoms with Crippen LogP contribution in [0.1, 0.15) is 34.6 Å². The number of hydrogen-bond acceptors (Lipinski definition) is 2. The van der Waals surface area contributed by atoms with E-state index in [9.17, 15) is 4.79 Å². The first-order valence-corrected chi connectivity index (χ1v) is 6.84. The van der Waals surface area contributed by atoms with Crippen LogP contribution in [-0.4, -0.2) is 22.4 Å². The highest BCUT2D eigenvalue weighted by Gasteiger charge is 2.21. The van der Waals surface area contributed by atoms with E-state index in [-0.39, 0.29) is 0 Å². The normalized spacial score (nSPS) is 15.5. The summed E-state index contributed by atoms with van der Waals surface area (Å²) < 4.78 is 2.32. The Hall–Kier alpha value is -0.700. The lowest BCUT2D eigenvalue weighted by atomic mass is 9.97. The summed E-state index contributed by atoms with van der Waals surface area (Å²) in [5.41, 5.74) is 3.50. The first-order valence-electron chi connectivity index (χ1n) is 5.45. The van der Waals surface area contributed by atoms with Crippen molar-refractivity contribution in [1.82, 2.24) is 4.57 Å².